The van der Waals surface area contributed by atoms with Gasteiger partial charge >= 0.3 is 0 Å². The lowest BCUT2D eigenvalue weighted by Crippen LogP contribution is -2.18. The number of amidine groups is 1. The highest BCUT2D eigenvalue weighted by Crippen LogP contribution is 2.17. The van der Waals surface area contributed by atoms with Crippen molar-refractivity contribution in [3.05, 3.63) is 65.2 Å². The van der Waals surface area contributed by atoms with Gasteiger partial charge in [-0.25, -0.2) is 0 Å². The number of anilines is 1. The van der Waals surface area contributed by atoms with E-state index in [1.165, 1.54) is 11.1 Å². The van der Waals surface area contributed by atoms with Gasteiger partial charge in [-0.15, -0.1) is 0 Å². The molecule has 0 spiro atoms. The monoisotopic (exact) mass is 269 g/mol. The van der Waals surface area contributed by atoms with E-state index in [0.717, 1.165) is 12.2 Å². The fraction of sp³-hybridized carbons (Fsp3) is 0.188. The molecule has 2 rings (SSSR count). The first-order chi connectivity index (χ1) is 9.60. The summed E-state index contributed by atoms with van der Waals surface area (Å²) in [5.74, 6) is 0.121. The minimum absolute atomic E-state index is 0.121. The number of benzene rings is 2. The van der Waals surface area contributed by atoms with Crippen LogP contribution >= 0.6 is 0 Å². The summed E-state index contributed by atoms with van der Waals surface area (Å²) in [6.45, 7) is 2.88. The normalized spacial score (nSPS) is 11.4. The fourth-order valence-electron chi connectivity index (χ4n) is 2.02. The predicted molar refractivity (Wildman–Crippen MR) is 82.2 cm³/mol. The Morgan fingerprint density at radius 2 is 1.90 bits per heavy atom. The van der Waals surface area contributed by atoms with E-state index in [4.69, 9.17) is 10.9 Å². The molecule has 2 aromatic rings. The van der Waals surface area contributed by atoms with Gasteiger partial charge in [0.05, 0.1) is 0 Å². The molecular formula is C16H19N3O. The average Bonchev–Trinajstić information content (AvgIpc) is 2.49. The summed E-state index contributed by atoms with van der Waals surface area (Å²) in [6.07, 6.45) is 0. The second-order valence-electron chi connectivity index (χ2n) is 4.88. The Balaban J connectivity index is 2.16. The molecule has 2 aromatic carbocycles. The number of aryl methyl sites for hydroxylation is 1. The molecule has 0 radical (unpaired) electrons. The smallest absolute Gasteiger partial charge is 0.170 e. The van der Waals surface area contributed by atoms with Crippen LogP contribution in [0.5, 0.6) is 0 Å². The minimum Gasteiger partial charge on any atom is -0.409 e. The van der Waals surface area contributed by atoms with Crippen LogP contribution in [0.2, 0.25) is 0 Å². The number of oxime groups is 1. The molecule has 0 fully saturated rings. The van der Waals surface area contributed by atoms with Crippen molar-refractivity contribution in [3.8, 4) is 0 Å². The van der Waals surface area contributed by atoms with Crippen molar-refractivity contribution < 1.29 is 5.21 Å². The zero-order chi connectivity index (χ0) is 14.5. The van der Waals surface area contributed by atoms with Gasteiger partial charge in [0.15, 0.2) is 5.84 Å². The van der Waals surface area contributed by atoms with E-state index in [-0.39, 0.29) is 5.84 Å². The molecule has 4 nitrogen and oxygen atoms in total. The van der Waals surface area contributed by atoms with Crippen LogP contribution in [0.15, 0.2) is 53.7 Å². The SMILES string of the molecule is Cc1ccc(CN(C)c2cccc(C(N)=NO)c2)cc1. The van der Waals surface area contributed by atoms with Crippen LogP contribution in [-0.2, 0) is 6.54 Å². The van der Waals surface area contributed by atoms with E-state index < -0.39 is 0 Å². The summed E-state index contributed by atoms with van der Waals surface area (Å²) in [6, 6.07) is 16.1. The van der Waals surface area contributed by atoms with Crippen LogP contribution in [0.25, 0.3) is 0 Å². The van der Waals surface area contributed by atoms with Gasteiger partial charge in [-0.1, -0.05) is 47.1 Å². The highest BCUT2D eigenvalue weighted by Gasteiger charge is 2.05. The second-order valence-corrected chi connectivity index (χ2v) is 4.88. The molecule has 0 aromatic heterocycles. The number of hydrogen-bond acceptors (Lipinski definition) is 3. The van der Waals surface area contributed by atoms with Crippen molar-refractivity contribution >= 4 is 11.5 Å². The zero-order valence-electron chi connectivity index (χ0n) is 11.7. The van der Waals surface area contributed by atoms with Crippen molar-refractivity contribution in [2.24, 2.45) is 10.9 Å². The first-order valence-corrected chi connectivity index (χ1v) is 6.45. The van der Waals surface area contributed by atoms with Crippen molar-refractivity contribution in [1.82, 2.24) is 0 Å². The molecule has 4 heteroatoms. The van der Waals surface area contributed by atoms with Crippen LogP contribution in [0.1, 0.15) is 16.7 Å². The molecule has 104 valence electrons. The van der Waals surface area contributed by atoms with E-state index in [1.807, 2.05) is 31.3 Å². The second kappa shape index (κ2) is 6.10. The van der Waals surface area contributed by atoms with Crippen molar-refractivity contribution in [1.29, 1.82) is 0 Å². The number of hydrogen-bond donors (Lipinski definition) is 2. The molecule has 0 saturated heterocycles. The molecule has 0 saturated carbocycles. The Labute approximate surface area is 119 Å². The maximum Gasteiger partial charge on any atom is 0.170 e. The van der Waals surface area contributed by atoms with Crippen molar-refractivity contribution in [2.45, 2.75) is 13.5 Å². The molecule has 0 heterocycles. The van der Waals surface area contributed by atoms with Crippen LogP contribution in [-0.4, -0.2) is 18.1 Å². The standard InChI is InChI=1S/C16H19N3O/c1-12-6-8-13(9-7-12)11-19(2)15-5-3-4-14(10-15)16(17)18-20/h3-10,20H,11H2,1-2H3,(H2,17,18). The first kappa shape index (κ1) is 13.9. The summed E-state index contributed by atoms with van der Waals surface area (Å²) in [5, 5.41) is 11.8. The molecule has 20 heavy (non-hydrogen) atoms. The molecular weight excluding hydrogens is 250 g/mol. The van der Waals surface area contributed by atoms with Gasteiger partial charge in [-0.2, -0.15) is 0 Å². The summed E-state index contributed by atoms with van der Waals surface area (Å²) >= 11 is 0. The summed E-state index contributed by atoms with van der Waals surface area (Å²) in [4.78, 5) is 2.12. The predicted octanol–water partition coefficient (Wildman–Crippen LogP) is 2.73. The lowest BCUT2D eigenvalue weighted by Gasteiger charge is -2.20. The summed E-state index contributed by atoms with van der Waals surface area (Å²) in [5.41, 5.74) is 9.84. The van der Waals surface area contributed by atoms with Gasteiger partial charge in [0.1, 0.15) is 0 Å². The molecule has 0 bridgehead atoms. The number of nitrogens with two attached hydrogens (primary N) is 1. The zero-order valence-corrected chi connectivity index (χ0v) is 11.7. The number of nitrogens with zero attached hydrogens (tertiary/aromatic N) is 2. The topological polar surface area (TPSA) is 61.8 Å². The van der Waals surface area contributed by atoms with Crippen molar-refractivity contribution in [2.75, 3.05) is 11.9 Å². The molecule has 0 aliphatic carbocycles. The Kier molecular flexibility index (Phi) is 4.25. The van der Waals surface area contributed by atoms with Crippen LogP contribution in [0.3, 0.4) is 0 Å². The van der Waals surface area contributed by atoms with E-state index in [0.29, 0.717) is 5.56 Å². The van der Waals surface area contributed by atoms with Gasteiger partial charge in [0.2, 0.25) is 0 Å². The fourth-order valence-corrected chi connectivity index (χ4v) is 2.02. The third-order valence-corrected chi connectivity index (χ3v) is 3.23. The van der Waals surface area contributed by atoms with Crippen LogP contribution in [0, 0.1) is 6.92 Å². The molecule has 3 N–H and O–H groups in total. The largest absolute Gasteiger partial charge is 0.409 e. The Hall–Kier alpha value is -2.49. The molecule has 0 aliphatic rings. The third kappa shape index (κ3) is 3.29. The lowest BCUT2D eigenvalue weighted by molar-refractivity contribution is 0.318. The molecule has 0 aliphatic heterocycles. The van der Waals surface area contributed by atoms with E-state index in [1.54, 1.807) is 0 Å². The van der Waals surface area contributed by atoms with Gasteiger partial charge in [0.25, 0.3) is 0 Å². The van der Waals surface area contributed by atoms with Gasteiger partial charge in [-0.05, 0) is 24.6 Å². The maximum absolute atomic E-state index is 8.73. The number of rotatable bonds is 4. The van der Waals surface area contributed by atoms with E-state index in [2.05, 4.69) is 41.2 Å². The van der Waals surface area contributed by atoms with Gasteiger partial charge < -0.3 is 15.8 Å². The Morgan fingerprint density at radius 1 is 1.20 bits per heavy atom. The highest BCUT2D eigenvalue weighted by molar-refractivity contribution is 5.97. The van der Waals surface area contributed by atoms with E-state index in [9.17, 15) is 0 Å². The highest BCUT2D eigenvalue weighted by atomic mass is 16.4. The summed E-state index contributed by atoms with van der Waals surface area (Å²) in [7, 11) is 2.02. The Bertz CT molecular complexity index is 605. The van der Waals surface area contributed by atoms with Crippen LogP contribution < -0.4 is 10.6 Å². The molecule has 0 amide bonds. The lowest BCUT2D eigenvalue weighted by atomic mass is 10.1. The van der Waals surface area contributed by atoms with Crippen molar-refractivity contribution in [3.63, 3.8) is 0 Å². The average molecular weight is 269 g/mol. The van der Waals surface area contributed by atoms with Gasteiger partial charge in [-0.3, -0.25) is 0 Å². The minimum atomic E-state index is 0.121. The van der Waals surface area contributed by atoms with Gasteiger partial charge in [0, 0.05) is 24.8 Å². The first-order valence-electron chi connectivity index (χ1n) is 6.45. The molecule has 0 unspecified atom stereocenters. The Morgan fingerprint density at radius 3 is 2.55 bits per heavy atom. The summed E-state index contributed by atoms with van der Waals surface area (Å²) < 4.78 is 0. The molecule has 0 atom stereocenters. The maximum atomic E-state index is 8.73. The quantitative estimate of drug-likeness (QED) is 0.388. The third-order valence-electron chi connectivity index (χ3n) is 3.23. The van der Waals surface area contributed by atoms with E-state index >= 15 is 0 Å². The van der Waals surface area contributed by atoms with Crippen LogP contribution in [0.4, 0.5) is 5.69 Å².